The van der Waals surface area contributed by atoms with Crippen LogP contribution < -0.4 is 19.9 Å². The lowest BCUT2D eigenvalue weighted by molar-refractivity contribution is -0.117. The number of amides is 2. The van der Waals surface area contributed by atoms with Crippen molar-refractivity contribution in [3.8, 4) is 11.5 Å². The summed E-state index contributed by atoms with van der Waals surface area (Å²) in [5, 5.41) is 1.24. The fourth-order valence-electron chi connectivity index (χ4n) is 2.69. The number of nitrogens with zero attached hydrogens (tertiary/aromatic N) is 1. The molecule has 0 saturated carbocycles. The highest BCUT2D eigenvalue weighted by Crippen LogP contribution is 2.34. The Hall–Kier alpha value is -3.28. The Balaban J connectivity index is 1.99. The van der Waals surface area contributed by atoms with E-state index in [9.17, 15) is 9.59 Å². The summed E-state index contributed by atoms with van der Waals surface area (Å²) in [6.45, 7) is 3.97. The number of benzene rings is 2. The summed E-state index contributed by atoms with van der Waals surface area (Å²) in [5.41, 5.74) is 3.85. The van der Waals surface area contributed by atoms with Gasteiger partial charge in [-0.25, -0.2) is 5.01 Å². The number of anilines is 1. The second-order valence-corrected chi connectivity index (χ2v) is 6.19. The number of hydrazine groups is 1. The van der Waals surface area contributed by atoms with Crippen LogP contribution in [-0.2, 0) is 9.59 Å². The van der Waals surface area contributed by atoms with Crippen molar-refractivity contribution in [1.29, 1.82) is 0 Å². The van der Waals surface area contributed by atoms with Gasteiger partial charge in [0.2, 0.25) is 0 Å². The molecule has 1 heterocycles. The van der Waals surface area contributed by atoms with E-state index >= 15 is 0 Å². The van der Waals surface area contributed by atoms with Crippen LogP contribution >= 0.6 is 0 Å². The maximum atomic E-state index is 12.8. The topological polar surface area (TPSA) is 67.9 Å². The number of nitrogens with one attached hydrogen (secondary N) is 1. The Bertz CT molecular complexity index is 877. The quantitative estimate of drug-likeness (QED) is 0.629. The van der Waals surface area contributed by atoms with E-state index in [4.69, 9.17) is 9.47 Å². The zero-order valence-corrected chi connectivity index (χ0v) is 15.6. The van der Waals surface area contributed by atoms with Crippen LogP contribution in [0, 0.1) is 0 Å². The van der Waals surface area contributed by atoms with Crippen LogP contribution in [0.5, 0.6) is 11.5 Å². The van der Waals surface area contributed by atoms with E-state index in [1.165, 1.54) is 5.01 Å². The van der Waals surface area contributed by atoms with Gasteiger partial charge in [-0.05, 0) is 37.6 Å². The Morgan fingerprint density at radius 2 is 1.85 bits per heavy atom. The highest BCUT2D eigenvalue weighted by Gasteiger charge is 2.34. The zero-order valence-electron chi connectivity index (χ0n) is 15.6. The number of methoxy groups -OCH3 is 1. The van der Waals surface area contributed by atoms with Gasteiger partial charge in [0.1, 0.15) is 5.57 Å². The summed E-state index contributed by atoms with van der Waals surface area (Å²) in [6, 6.07) is 14.3. The predicted octanol–water partition coefficient (Wildman–Crippen LogP) is 3.33. The molecule has 6 heteroatoms. The number of carbonyl (C=O) groups excluding carboxylic acids is 2. The van der Waals surface area contributed by atoms with E-state index in [1.54, 1.807) is 55.7 Å². The lowest BCUT2D eigenvalue weighted by atomic mass is 10.1. The van der Waals surface area contributed by atoms with E-state index in [0.717, 1.165) is 6.42 Å². The molecule has 2 aromatic carbocycles. The highest BCUT2D eigenvalue weighted by atomic mass is 16.5. The van der Waals surface area contributed by atoms with E-state index < -0.39 is 11.8 Å². The van der Waals surface area contributed by atoms with Crippen LogP contribution in [0.2, 0.25) is 0 Å². The van der Waals surface area contributed by atoms with Gasteiger partial charge in [0, 0.05) is 5.56 Å². The van der Waals surface area contributed by atoms with Gasteiger partial charge in [-0.2, -0.15) is 0 Å². The molecular weight excluding hydrogens is 344 g/mol. The minimum Gasteiger partial charge on any atom is -0.493 e. The summed E-state index contributed by atoms with van der Waals surface area (Å²) in [7, 11) is 1.56. The first-order valence-electron chi connectivity index (χ1n) is 8.81. The molecule has 1 N–H and O–H groups in total. The Morgan fingerprint density at radius 1 is 1.11 bits per heavy atom. The van der Waals surface area contributed by atoms with E-state index in [2.05, 4.69) is 5.43 Å². The van der Waals surface area contributed by atoms with Crippen LogP contribution in [0.25, 0.3) is 6.08 Å². The first-order chi connectivity index (χ1) is 13.0. The van der Waals surface area contributed by atoms with Crippen LogP contribution in [-0.4, -0.2) is 25.0 Å². The summed E-state index contributed by atoms with van der Waals surface area (Å²) >= 11 is 0. The normalized spacial score (nSPS) is 16.4. The molecule has 3 rings (SSSR count). The molecule has 1 aliphatic heterocycles. The molecule has 0 aromatic heterocycles. The van der Waals surface area contributed by atoms with Crippen molar-refractivity contribution in [2.75, 3.05) is 12.1 Å². The van der Waals surface area contributed by atoms with Gasteiger partial charge < -0.3 is 9.47 Å². The first-order valence-corrected chi connectivity index (χ1v) is 8.81. The fourth-order valence-corrected chi connectivity index (χ4v) is 2.69. The van der Waals surface area contributed by atoms with E-state index in [-0.39, 0.29) is 11.7 Å². The molecule has 0 spiro atoms. The second kappa shape index (κ2) is 7.95. The Labute approximate surface area is 158 Å². The summed E-state index contributed by atoms with van der Waals surface area (Å²) in [6.07, 6.45) is 2.32. The molecule has 1 aliphatic rings. The molecule has 0 unspecified atom stereocenters. The lowest BCUT2D eigenvalue weighted by Crippen LogP contribution is -2.35. The number of ether oxygens (including phenoxy) is 2. The third kappa shape index (κ3) is 3.79. The van der Waals surface area contributed by atoms with Gasteiger partial charge >= 0.3 is 0 Å². The molecule has 0 radical (unpaired) electrons. The molecule has 2 amide bonds. The number of para-hydroxylation sites is 2. The van der Waals surface area contributed by atoms with Crippen molar-refractivity contribution >= 4 is 23.6 Å². The van der Waals surface area contributed by atoms with Crippen molar-refractivity contribution in [3.63, 3.8) is 0 Å². The van der Waals surface area contributed by atoms with Crippen LogP contribution in [0.4, 0.5) is 5.69 Å². The van der Waals surface area contributed by atoms with Gasteiger partial charge in [-0.1, -0.05) is 37.3 Å². The zero-order chi connectivity index (χ0) is 19.4. The molecule has 140 valence electrons. The lowest BCUT2D eigenvalue weighted by Gasteiger charge is -2.17. The Morgan fingerprint density at radius 3 is 2.52 bits per heavy atom. The molecule has 1 fully saturated rings. The molecule has 27 heavy (non-hydrogen) atoms. The standard InChI is InChI=1S/C21H22N2O4/c1-4-14(2)27-19-15(9-8-12-18(19)26-3)13-17-20(24)22-23(21(17)25)16-10-6-5-7-11-16/h5-14H,4H2,1-3H3,(H,22,24)/b17-13+/t14-/m0/s1. The van der Waals surface area contributed by atoms with Gasteiger partial charge in [-0.3, -0.25) is 15.0 Å². The molecule has 0 aliphatic carbocycles. The van der Waals surface area contributed by atoms with Gasteiger partial charge in [0.05, 0.1) is 18.9 Å². The highest BCUT2D eigenvalue weighted by molar-refractivity contribution is 6.31. The average molecular weight is 366 g/mol. The molecule has 1 atom stereocenters. The first kappa shape index (κ1) is 18.5. The number of hydrogen-bond donors (Lipinski definition) is 1. The average Bonchev–Trinajstić information content (AvgIpc) is 2.97. The van der Waals surface area contributed by atoms with Gasteiger partial charge in [0.15, 0.2) is 11.5 Å². The third-order valence-electron chi connectivity index (χ3n) is 4.33. The maximum absolute atomic E-state index is 12.8. The molecule has 6 nitrogen and oxygen atoms in total. The van der Waals surface area contributed by atoms with Crippen LogP contribution in [0.3, 0.4) is 0 Å². The summed E-state index contributed by atoms with van der Waals surface area (Å²) < 4.78 is 11.4. The predicted molar refractivity (Wildman–Crippen MR) is 103 cm³/mol. The minimum absolute atomic E-state index is 0.0348. The second-order valence-electron chi connectivity index (χ2n) is 6.19. The SMILES string of the molecule is CC[C@H](C)Oc1c(/C=C2\C(=O)NN(c3ccccc3)C2=O)cccc1OC. The Kier molecular flexibility index (Phi) is 5.45. The van der Waals surface area contributed by atoms with Crippen molar-refractivity contribution < 1.29 is 19.1 Å². The van der Waals surface area contributed by atoms with Crippen molar-refractivity contribution in [2.45, 2.75) is 26.4 Å². The van der Waals surface area contributed by atoms with Gasteiger partial charge in [-0.15, -0.1) is 0 Å². The van der Waals surface area contributed by atoms with E-state index in [0.29, 0.717) is 22.7 Å². The molecule has 0 bridgehead atoms. The monoisotopic (exact) mass is 366 g/mol. The summed E-state index contributed by atoms with van der Waals surface area (Å²) in [4.78, 5) is 25.2. The number of carbonyl (C=O) groups is 2. The summed E-state index contributed by atoms with van der Waals surface area (Å²) in [5.74, 6) is 0.195. The van der Waals surface area contributed by atoms with Crippen molar-refractivity contribution in [2.24, 2.45) is 0 Å². The van der Waals surface area contributed by atoms with Crippen LogP contribution in [0.15, 0.2) is 54.1 Å². The van der Waals surface area contributed by atoms with E-state index in [1.807, 2.05) is 19.9 Å². The van der Waals surface area contributed by atoms with Gasteiger partial charge in [0.25, 0.3) is 11.8 Å². The maximum Gasteiger partial charge on any atom is 0.282 e. The third-order valence-corrected chi connectivity index (χ3v) is 4.33. The minimum atomic E-state index is -0.457. The fraction of sp³-hybridized carbons (Fsp3) is 0.238. The van der Waals surface area contributed by atoms with Crippen molar-refractivity contribution in [3.05, 3.63) is 59.7 Å². The molecular formula is C21H22N2O4. The van der Waals surface area contributed by atoms with Crippen LogP contribution in [0.1, 0.15) is 25.8 Å². The smallest absolute Gasteiger partial charge is 0.282 e. The molecule has 1 saturated heterocycles. The molecule has 2 aromatic rings. The number of rotatable bonds is 6. The largest absolute Gasteiger partial charge is 0.493 e. The number of hydrogen-bond acceptors (Lipinski definition) is 4. The van der Waals surface area contributed by atoms with Crippen molar-refractivity contribution in [1.82, 2.24) is 5.43 Å².